The Morgan fingerprint density at radius 1 is 1.13 bits per heavy atom. The number of nitrogens with one attached hydrogen (secondary N) is 1. The first-order chi connectivity index (χ1) is 10.8. The van der Waals surface area contributed by atoms with Crippen molar-refractivity contribution in [2.24, 2.45) is 0 Å². The highest BCUT2D eigenvalue weighted by molar-refractivity contribution is 5.78. The van der Waals surface area contributed by atoms with Gasteiger partial charge in [-0.25, -0.2) is 4.79 Å². The van der Waals surface area contributed by atoms with Gasteiger partial charge in [0.1, 0.15) is 6.54 Å². The minimum Gasteiger partial charge on any atom is -0.347 e. The van der Waals surface area contributed by atoms with Gasteiger partial charge in [-0.1, -0.05) is 19.1 Å². The Bertz CT molecular complexity index is 746. The third kappa shape index (κ3) is 4.14. The van der Waals surface area contributed by atoms with Crippen molar-refractivity contribution in [3.05, 3.63) is 34.7 Å². The Morgan fingerprint density at radius 3 is 2.22 bits per heavy atom. The Kier molecular flexibility index (Phi) is 5.12. The summed E-state index contributed by atoms with van der Waals surface area (Å²) in [7, 11) is 0. The van der Waals surface area contributed by atoms with Gasteiger partial charge in [0.05, 0.1) is 11.0 Å². The molecule has 0 spiro atoms. The Morgan fingerprint density at radius 2 is 1.70 bits per heavy atom. The van der Waals surface area contributed by atoms with Crippen molar-refractivity contribution in [2.45, 2.75) is 39.0 Å². The van der Waals surface area contributed by atoms with Crippen LogP contribution in [0, 0.1) is 0 Å². The molecule has 126 valence electrons. The molecule has 0 saturated carbocycles. The minimum absolute atomic E-state index is 0.0414. The molecule has 1 heterocycles. The quantitative estimate of drug-likeness (QED) is 0.884. The summed E-state index contributed by atoms with van der Waals surface area (Å²) < 4.78 is 39.2. The fraction of sp³-hybridized carbons (Fsp3) is 0.467. The summed E-state index contributed by atoms with van der Waals surface area (Å²) in [5, 5.41) is 1.81. The van der Waals surface area contributed by atoms with Gasteiger partial charge in [-0.3, -0.25) is 13.9 Å². The number of imidazole rings is 1. The predicted octanol–water partition coefficient (Wildman–Crippen LogP) is 2.28. The van der Waals surface area contributed by atoms with E-state index in [2.05, 4.69) is 0 Å². The molecular weight excluding hydrogens is 311 g/mol. The number of aryl methyl sites for hydroxylation is 2. The number of hydrogen-bond acceptors (Lipinski definition) is 2. The average molecular weight is 329 g/mol. The molecule has 0 aliphatic carbocycles. The summed E-state index contributed by atoms with van der Waals surface area (Å²) in [6, 6.07) is 7.16. The lowest BCUT2D eigenvalue weighted by Gasteiger charge is -2.08. The third-order valence-electron chi connectivity index (χ3n) is 3.42. The molecule has 1 N–H and O–H groups in total. The molecule has 0 radical (unpaired) electrons. The smallest absolute Gasteiger partial charge is 0.347 e. The largest absolute Gasteiger partial charge is 0.405 e. The molecule has 1 aromatic heterocycles. The van der Waals surface area contributed by atoms with E-state index in [1.54, 1.807) is 22.0 Å². The zero-order chi connectivity index (χ0) is 17.0. The van der Waals surface area contributed by atoms with Crippen LogP contribution in [0.25, 0.3) is 11.0 Å². The number of rotatable bonds is 6. The fourth-order valence-electron chi connectivity index (χ4n) is 2.43. The number of nitrogens with zero attached hydrogens (tertiary/aromatic N) is 2. The van der Waals surface area contributed by atoms with Crippen LogP contribution < -0.4 is 11.0 Å². The lowest BCUT2D eigenvalue weighted by molar-refractivity contribution is -0.138. The molecule has 2 aromatic rings. The lowest BCUT2D eigenvalue weighted by atomic mass is 10.3. The van der Waals surface area contributed by atoms with Crippen LogP contribution in [0.1, 0.15) is 19.8 Å². The number of benzene rings is 1. The van der Waals surface area contributed by atoms with Crippen LogP contribution in [-0.2, 0) is 17.9 Å². The van der Waals surface area contributed by atoms with Crippen molar-refractivity contribution in [1.82, 2.24) is 14.5 Å². The monoisotopic (exact) mass is 329 g/mol. The van der Waals surface area contributed by atoms with Crippen LogP contribution in [-0.4, -0.2) is 27.8 Å². The Balaban J connectivity index is 2.16. The summed E-state index contributed by atoms with van der Waals surface area (Å²) in [6.45, 7) is 1.17. The van der Waals surface area contributed by atoms with Gasteiger partial charge in [0.2, 0.25) is 5.91 Å². The molecule has 0 saturated heterocycles. The summed E-state index contributed by atoms with van der Waals surface area (Å²) in [4.78, 5) is 23.9. The maximum absolute atomic E-state index is 12.4. The van der Waals surface area contributed by atoms with Gasteiger partial charge in [0.15, 0.2) is 0 Å². The van der Waals surface area contributed by atoms with Crippen LogP contribution in [0.15, 0.2) is 29.1 Å². The second kappa shape index (κ2) is 6.89. The number of halogens is 3. The molecule has 1 amide bonds. The highest BCUT2D eigenvalue weighted by Gasteiger charge is 2.27. The molecule has 2 rings (SSSR count). The molecular formula is C15H18F3N3O2. The third-order valence-corrected chi connectivity index (χ3v) is 3.42. The minimum atomic E-state index is -4.44. The van der Waals surface area contributed by atoms with E-state index in [1.165, 1.54) is 4.57 Å². The summed E-state index contributed by atoms with van der Waals surface area (Å²) in [6.07, 6.45) is -3.85. The van der Waals surface area contributed by atoms with Gasteiger partial charge in [0.25, 0.3) is 0 Å². The summed E-state index contributed by atoms with van der Waals surface area (Å²) in [5.74, 6) is -0.735. The van der Waals surface area contributed by atoms with E-state index in [0.717, 1.165) is 11.9 Å². The second-order valence-corrected chi connectivity index (χ2v) is 5.22. The van der Waals surface area contributed by atoms with Gasteiger partial charge in [-0.05, 0) is 18.6 Å². The van der Waals surface area contributed by atoms with Gasteiger partial charge >= 0.3 is 11.9 Å². The number of para-hydroxylation sites is 2. The van der Waals surface area contributed by atoms with E-state index in [9.17, 15) is 22.8 Å². The van der Waals surface area contributed by atoms with E-state index in [-0.39, 0.29) is 18.7 Å². The zero-order valence-electron chi connectivity index (χ0n) is 12.7. The number of aromatic nitrogens is 2. The lowest BCUT2D eigenvalue weighted by Crippen LogP contribution is -2.34. The van der Waals surface area contributed by atoms with Crippen molar-refractivity contribution in [3.8, 4) is 0 Å². The van der Waals surface area contributed by atoms with Crippen molar-refractivity contribution < 1.29 is 18.0 Å². The average Bonchev–Trinajstić information content (AvgIpc) is 2.76. The number of alkyl halides is 3. The van der Waals surface area contributed by atoms with Crippen LogP contribution >= 0.6 is 0 Å². The van der Waals surface area contributed by atoms with E-state index in [0.29, 0.717) is 12.1 Å². The van der Waals surface area contributed by atoms with Crippen molar-refractivity contribution in [1.29, 1.82) is 0 Å². The highest BCUT2D eigenvalue weighted by Crippen LogP contribution is 2.14. The first-order valence-corrected chi connectivity index (χ1v) is 7.35. The van der Waals surface area contributed by atoms with Gasteiger partial charge in [-0.2, -0.15) is 13.2 Å². The maximum Gasteiger partial charge on any atom is 0.405 e. The maximum atomic E-state index is 12.4. The van der Waals surface area contributed by atoms with E-state index < -0.39 is 18.6 Å². The number of amides is 1. The molecule has 8 heteroatoms. The van der Waals surface area contributed by atoms with Crippen LogP contribution in [0.2, 0.25) is 0 Å². The van der Waals surface area contributed by atoms with Crippen molar-refractivity contribution >= 4 is 16.9 Å². The molecule has 0 atom stereocenters. The topological polar surface area (TPSA) is 56.0 Å². The van der Waals surface area contributed by atoms with Crippen LogP contribution in [0.4, 0.5) is 13.2 Å². The van der Waals surface area contributed by atoms with E-state index in [1.807, 2.05) is 19.1 Å². The molecule has 0 aliphatic rings. The standard InChI is InChI=1S/C15H18F3N3O2/c1-2-8-20-11-5-3-4-6-12(11)21(14(20)23)9-7-13(22)19-10-15(16,17)18/h3-6H,2,7-10H2,1H3,(H,19,22). The molecule has 5 nitrogen and oxygen atoms in total. The van der Waals surface area contributed by atoms with E-state index >= 15 is 0 Å². The van der Waals surface area contributed by atoms with Gasteiger partial charge in [-0.15, -0.1) is 0 Å². The van der Waals surface area contributed by atoms with Crippen LogP contribution in [0.3, 0.4) is 0 Å². The summed E-state index contributed by atoms with van der Waals surface area (Å²) in [5.41, 5.74) is 1.18. The van der Waals surface area contributed by atoms with Gasteiger partial charge < -0.3 is 5.32 Å². The first-order valence-electron chi connectivity index (χ1n) is 7.35. The number of carbonyl (C=O) groups excluding carboxylic acids is 1. The van der Waals surface area contributed by atoms with Gasteiger partial charge in [0, 0.05) is 19.5 Å². The zero-order valence-corrected chi connectivity index (χ0v) is 12.7. The normalized spacial score (nSPS) is 11.8. The molecule has 23 heavy (non-hydrogen) atoms. The number of fused-ring (bicyclic) bond motifs is 1. The van der Waals surface area contributed by atoms with E-state index in [4.69, 9.17) is 0 Å². The number of carbonyl (C=O) groups is 1. The first kappa shape index (κ1) is 17.1. The molecule has 1 aromatic carbocycles. The predicted molar refractivity (Wildman–Crippen MR) is 80.2 cm³/mol. The van der Waals surface area contributed by atoms with Crippen molar-refractivity contribution in [2.75, 3.05) is 6.54 Å². The molecule has 0 unspecified atom stereocenters. The Labute approximate surface area is 130 Å². The van der Waals surface area contributed by atoms with Crippen molar-refractivity contribution in [3.63, 3.8) is 0 Å². The van der Waals surface area contributed by atoms with Crippen LogP contribution in [0.5, 0.6) is 0 Å². The second-order valence-electron chi connectivity index (χ2n) is 5.22. The molecule has 0 aliphatic heterocycles. The molecule has 0 fully saturated rings. The molecule has 0 bridgehead atoms. The summed E-state index contributed by atoms with van der Waals surface area (Å²) >= 11 is 0. The Hall–Kier alpha value is -2.25. The fourth-order valence-corrected chi connectivity index (χ4v) is 2.43. The SMILES string of the molecule is CCCn1c(=O)n(CCC(=O)NCC(F)(F)F)c2ccccc21. The highest BCUT2D eigenvalue weighted by atomic mass is 19.4. The number of hydrogen-bond donors (Lipinski definition) is 1.